The smallest absolute Gasteiger partial charge is 0.225 e. The number of thiazole rings is 1. The fourth-order valence-electron chi connectivity index (χ4n) is 4.70. The van der Waals surface area contributed by atoms with E-state index in [-0.39, 0.29) is 5.92 Å². The molecule has 2 fully saturated rings. The number of carbonyl (C=O) groups is 1. The minimum absolute atomic E-state index is 0.140. The third-order valence-corrected chi connectivity index (χ3v) is 7.71. The molecule has 3 heterocycles. The molecule has 1 aromatic heterocycles. The number of aromatic nitrogens is 1. The Morgan fingerprint density at radius 3 is 2.50 bits per heavy atom. The average Bonchev–Trinajstić information content (AvgIpc) is 3.28. The predicted octanol–water partition coefficient (Wildman–Crippen LogP) is 3.87. The summed E-state index contributed by atoms with van der Waals surface area (Å²) < 4.78 is 6.48. The lowest BCUT2D eigenvalue weighted by molar-refractivity contribution is -0.138. The van der Waals surface area contributed by atoms with Crippen LogP contribution in [-0.4, -0.2) is 67.1 Å². The fraction of sp³-hybridized carbons (Fsp3) is 0.440. The fourth-order valence-corrected chi connectivity index (χ4v) is 5.74. The molecule has 3 aromatic rings. The zero-order chi connectivity index (χ0) is 21.9. The van der Waals surface area contributed by atoms with Gasteiger partial charge >= 0.3 is 0 Å². The molecule has 0 saturated carbocycles. The second kappa shape index (κ2) is 9.46. The number of fused-ring (bicyclic) bond motifs is 1. The Balaban J connectivity index is 1.12. The van der Waals surface area contributed by atoms with Gasteiger partial charge in [0.1, 0.15) is 5.75 Å². The van der Waals surface area contributed by atoms with E-state index in [9.17, 15) is 4.79 Å². The van der Waals surface area contributed by atoms with Gasteiger partial charge in [-0.25, -0.2) is 4.98 Å². The maximum atomic E-state index is 13.1. The van der Waals surface area contributed by atoms with Crippen molar-refractivity contribution in [3.8, 4) is 5.75 Å². The van der Waals surface area contributed by atoms with Crippen LogP contribution in [0.5, 0.6) is 5.75 Å². The monoisotopic (exact) mass is 450 g/mol. The second-order valence-electron chi connectivity index (χ2n) is 8.68. The van der Waals surface area contributed by atoms with Crippen molar-refractivity contribution >= 4 is 32.6 Å². The van der Waals surface area contributed by atoms with Crippen molar-refractivity contribution in [1.82, 2.24) is 14.8 Å². The summed E-state index contributed by atoms with van der Waals surface area (Å²) in [4.78, 5) is 24.8. The molecule has 2 aromatic carbocycles. The molecular weight excluding hydrogens is 420 g/mol. The molecule has 0 bridgehead atoms. The van der Waals surface area contributed by atoms with Crippen LogP contribution in [0.1, 0.15) is 18.4 Å². The number of rotatable bonds is 5. The van der Waals surface area contributed by atoms with E-state index in [0.29, 0.717) is 5.91 Å². The Bertz CT molecular complexity index is 1050. The van der Waals surface area contributed by atoms with Gasteiger partial charge in [-0.15, -0.1) is 0 Å². The van der Waals surface area contributed by atoms with Crippen LogP contribution in [0.4, 0.5) is 5.13 Å². The van der Waals surface area contributed by atoms with Crippen molar-refractivity contribution in [2.45, 2.75) is 19.4 Å². The number of amides is 1. The standard InChI is InChI=1S/C25H30N4O2S/c1-31-21-7-8-22-23(17-21)32-25(26-22)29-11-9-20(10-12-29)24(30)28-15-13-27(14-16-28)18-19-5-3-2-4-6-19/h2-8,17,20H,9-16,18H2,1H3. The van der Waals surface area contributed by atoms with Gasteiger partial charge in [0.2, 0.25) is 5.91 Å². The van der Waals surface area contributed by atoms with Gasteiger partial charge in [-0.05, 0) is 36.6 Å². The van der Waals surface area contributed by atoms with Gasteiger partial charge in [0.15, 0.2) is 5.13 Å². The zero-order valence-corrected chi connectivity index (χ0v) is 19.4. The number of anilines is 1. The maximum absolute atomic E-state index is 13.1. The summed E-state index contributed by atoms with van der Waals surface area (Å²) >= 11 is 1.71. The number of hydrogen-bond donors (Lipinski definition) is 0. The molecule has 6 nitrogen and oxygen atoms in total. The summed E-state index contributed by atoms with van der Waals surface area (Å²) in [6.07, 6.45) is 1.81. The van der Waals surface area contributed by atoms with Crippen LogP contribution in [0, 0.1) is 5.92 Å². The normalized spacial score (nSPS) is 18.3. The van der Waals surface area contributed by atoms with E-state index in [1.807, 2.05) is 18.2 Å². The summed E-state index contributed by atoms with van der Waals surface area (Å²) in [5.74, 6) is 1.35. The molecule has 168 valence electrons. The molecule has 2 aliphatic heterocycles. The number of carbonyl (C=O) groups excluding carboxylic acids is 1. The minimum atomic E-state index is 0.140. The van der Waals surface area contributed by atoms with Gasteiger partial charge in [-0.1, -0.05) is 41.7 Å². The Morgan fingerprint density at radius 1 is 1.03 bits per heavy atom. The highest BCUT2D eigenvalue weighted by Gasteiger charge is 2.31. The number of hydrogen-bond acceptors (Lipinski definition) is 6. The Kier molecular flexibility index (Phi) is 6.28. The van der Waals surface area contributed by atoms with Gasteiger partial charge in [0.05, 0.1) is 17.3 Å². The quantitative estimate of drug-likeness (QED) is 0.591. The molecule has 2 aliphatic rings. The van der Waals surface area contributed by atoms with E-state index >= 15 is 0 Å². The van der Waals surface area contributed by atoms with Crippen LogP contribution < -0.4 is 9.64 Å². The summed E-state index contributed by atoms with van der Waals surface area (Å²) in [6.45, 7) is 6.33. The molecule has 7 heteroatoms. The van der Waals surface area contributed by atoms with Gasteiger partial charge < -0.3 is 14.5 Å². The second-order valence-corrected chi connectivity index (χ2v) is 9.69. The highest BCUT2D eigenvalue weighted by atomic mass is 32.1. The molecule has 32 heavy (non-hydrogen) atoms. The number of benzene rings is 2. The van der Waals surface area contributed by atoms with Crippen molar-refractivity contribution in [2.75, 3.05) is 51.3 Å². The molecule has 5 rings (SSSR count). The van der Waals surface area contributed by atoms with Crippen LogP contribution >= 0.6 is 11.3 Å². The summed E-state index contributed by atoms with van der Waals surface area (Å²) in [6, 6.07) is 16.6. The first-order chi connectivity index (χ1) is 15.7. The van der Waals surface area contributed by atoms with E-state index in [0.717, 1.165) is 79.8 Å². The number of piperidine rings is 1. The number of piperazine rings is 1. The Labute approximate surface area is 193 Å². The van der Waals surface area contributed by atoms with Crippen LogP contribution in [0.3, 0.4) is 0 Å². The van der Waals surface area contributed by atoms with Crippen molar-refractivity contribution in [3.05, 3.63) is 54.1 Å². The Morgan fingerprint density at radius 2 is 1.78 bits per heavy atom. The molecular formula is C25H30N4O2S. The van der Waals surface area contributed by atoms with Gasteiger partial charge in [0.25, 0.3) is 0 Å². The Hall–Kier alpha value is -2.64. The van der Waals surface area contributed by atoms with E-state index in [1.54, 1.807) is 18.4 Å². The van der Waals surface area contributed by atoms with Crippen LogP contribution in [0.15, 0.2) is 48.5 Å². The van der Waals surface area contributed by atoms with E-state index < -0.39 is 0 Å². The minimum Gasteiger partial charge on any atom is -0.497 e. The molecule has 0 unspecified atom stereocenters. The summed E-state index contributed by atoms with van der Waals surface area (Å²) in [7, 11) is 1.69. The van der Waals surface area contributed by atoms with Gasteiger partial charge in [-0.2, -0.15) is 0 Å². The highest BCUT2D eigenvalue weighted by Crippen LogP contribution is 2.33. The average molecular weight is 451 g/mol. The molecule has 2 saturated heterocycles. The van der Waals surface area contributed by atoms with Crippen molar-refractivity contribution in [1.29, 1.82) is 0 Å². The van der Waals surface area contributed by atoms with E-state index in [2.05, 4.69) is 45.0 Å². The molecule has 0 spiro atoms. The van der Waals surface area contributed by atoms with Gasteiger partial charge in [0, 0.05) is 51.7 Å². The van der Waals surface area contributed by atoms with Crippen molar-refractivity contribution in [2.24, 2.45) is 5.92 Å². The SMILES string of the molecule is COc1ccc2nc(N3CCC(C(=O)N4CCN(Cc5ccccc5)CC4)CC3)sc2c1. The zero-order valence-electron chi connectivity index (χ0n) is 18.6. The lowest BCUT2D eigenvalue weighted by atomic mass is 9.95. The third-order valence-electron chi connectivity index (χ3n) is 6.63. The van der Waals surface area contributed by atoms with Crippen LogP contribution in [0.2, 0.25) is 0 Å². The van der Waals surface area contributed by atoms with Gasteiger partial charge in [-0.3, -0.25) is 9.69 Å². The largest absolute Gasteiger partial charge is 0.497 e. The highest BCUT2D eigenvalue weighted by molar-refractivity contribution is 7.22. The van der Waals surface area contributed by atoms with Crippen LogP contribution in [-0.2, 0) is 11.3 Å². The van der Waals surface area contributed by atoms with E-state index in [1.165, 1.54) is 5.56 Å². The number of ether oxygens (including phenoxy) is 1. The first kappa shape index (κ1) is 21.2. The number of nitrogens with zero attached hydrogens (tertiary/aromatic N) is 4. The molecule has 0 radical (unpaired) electrons. The van der Waals surface area contributed by atoms with Crippen molar-refractivity contribution < 1.29 is 9.53 Å². The topological polar surface area (TPSA) is 48.9 Å². The van der Waals surface area contributed by atoms with E-state index in [4.69, 9.17) is 9.72 Å². The van der Waals surface area contributed by atoms with Crippen molar-refractivity contribution in [3.63, 3.8) is 0 Å². The lowest BCUT2D eigenvalue weighted by Crippen LogP contribution is -2.51. The first-order valence-corrected chi connectivity index (χ1v) is 12.3. The maximum Gasteiger partial charge on any atom is 0.225 e. The molecule has 0 aliphatic carbocycles. The number of methoxy groups -OCH3 is 1. The van der Waals surface area contributed by atoms with Crippen LogP contribution in [0.25, 0.3) is 10.2 Å². The lowest BCUT2D eigenvalue weighted by Gasteiger charge is -2.38. The third kappa shape index (κ3) is 4.59. The first-order valence-electron chi connectivity index (χ1n) is 11.4. The summed E-state index contributed by atoms with van der Waals surface area (Å²) in [5.41, 5.74) is 2.35. The molecule has 1 amide bonds. The molecule has 0 atom stereocenters. The molecule has 0 N–H and O–H groups in total. The predicted molar refractivity (Wildman–Crippen MR) is 129 cm³/mol. The summed E-state index contributed by atoms with van der Waals surface area (Å²) in [5, 5.41) is 1.05.